The second-order valence-corrected chi connectivity index (χ2v) is 2.67. The Hall–Kier alpha value is -1.23. The molecule has 0 saturated heterocycles. The average Bonchev–Trinajstić information content (AvgIpc) is 2.13. The third-order valence-corrected chi connectivity index (χ3v) is 1.52. The van der Waals surface area contributed by atoms with Crippen molar-refractivity contribution in [3.8, 4) is 11.8 Å². The smallest absolute Gasteiger partial charge is 0.294 e. The van der Waals surface area contributed by atoms with E-state index in [1.807, 2.05) is 0 Å². The standard InChI is InChI=1S/C11H16O2/c1-3-5-6-7-9-11(8-4-2)13-10-12/h4,10-11H,2-3,5-6,8H2,1H3. The van der Waals surface area contributed by atoms with Crippen LogP contribution in [-0.4, -0.2) is 12.6 Å². The van der Waals surface area contributed by atoms with E-state index < -0.39 is 0 Å². The van der Waals surface area contributed by atoms with Crippen molar-refractivity contribution in [3.05, 3.63) is 12.7 Å². The first-order chi connectivity index (χ1) is 6.35. The Kier molecular flexibility index (Phi) is 8.02. The maximum atomic E-state index is 10.1. The summed E-state index contributed by atoms with van der Waals surface area (Å²) in [5, 5.41) is 0. The molecule has 0 saturated carbocycles. The monoisotopic (exact) mass is 180 g/mol. The summed E-state index contributed by atoms with van der Waals surface area (Å²) in [4.78, 5) is 10.1. The molecule has 0 aromatic heterocycles. The molecule has 0 aliphatic heterocycles. The van der Waals surface area contributed by atoms with Gasteiger partial charge in [-0.2, -0.15) is 0 Å². The van der Waals surface area contributed by atoms with Gasteiger partial charge < -0.3 is 4.74 Å². The first-order valence-electron chi connectivity index (χ1n) is 4.53. The SMILES string of the molecule is C=CCC(C#CCCCC)OC=O. The van der Waals surface area contributed by atoms with E-state index in [9.17, 15) is 4.79 Å². The average molecular weight is 180 g/mol. The van der Waals surface area contributed by atoms with Crippen molar-refractivity contribution in [2.45, 2.75) is 38.7 Å². The van der Waals surface area contributed by atoms with Crippen LogP contribution in [0.25, 0.3) is 0 Å². The van der Waals surface area contributed by atoms with Crippen molar-refractivity contribution >= 4 is 6.47 Å². The summed E-state index contributed by atoms with van der Waals surface area (Å²) in [5.41, 5.74) is 0. The molecule has 0 aliphatic rings. The van der Waals surface area contributed by atoms with E-state index in [4.69, 9.17) is 4.74 Å². The molecule has 2 nitrogen and oxygen atoms in total. The first-order valence-corrected chi connectivity index (χ1v) is 4.53. The van der Waals surface area contributed by atoms with Crippen LogP contribution in [0.3, 0.4) is 0 Å². The minimum absolute atomic E-state index is 0.313. The quantitative estimate of drug-likeness (QED) is 0.271. The lowest BCUT2D eigenvalue weighted by molar-refractivity contribution is -0.131. The maximum Gasteiger partial charge on any atom is 0.294 e. The zero-order valence-electron chi connectivity index (χ0n) is 8.08. The van der Waals surface area contributed by atoms with Crippen LogP contribution in [0.15, 0.2) is 12.7 Å². The van der Waals surface area contributed by atoms with Crippen LogP contribution in [-0.2, 0) is 9.53 Å². The van der Waals surface area contributed by atoms with Gasteiger partial charge in [0.05, 0.1) is 0 Å². The van der Waals surface area contributed by atoms with Crippen LogP contribution in [0, 0.1) is 11.8 Å². The van der Waals surface area contributed by atoms with Crippen LogP contribution in [0.2, 0.25) is 0 Å². The van der Waals surface area contributed by atoms with Crippen molar-refractivity contribution in [3.63, 3.8) is 0 Å². The van der Waals surface area contributed by atoms with E-state index in [0.29, 0.717) is 12.9 Å². The van der Waals surface area contributed by atoms with Crippen molar-refractivity contribution in [1.82, 2.24) is 0 Å². The van der Waals surface area contributed by atoms with Gasteiger partial charge in [-0.3, -0.25) is 4.79 Å². The fourth-order valence-electron chi connectivity index (χ4n) is 0.818. The van der Waals surface area contributed by atoms with Gasteiger partial charge in [0, 0.05) is 12.8 Å². The first kappa shape index (κ1) is 11.8. The Bertz CT molecular complexity index is 188. The normalized spacial score (nSPS) is 10.8. The van der Waals surface area contributed by atoms with Crippen LogP contribution >= 0.6 is 0 Å². The molecule has 2 heteroatoms. The second-order valence-electron chi connectivity index (χ2n) is 2.67. The topological polar surface area (TPSA) is 26.3 Å². The number of rotatable bonds is 6. The molecule has 1 unspecified atom stereocenters. The molecule has 0 heterocycles. The molecular formula is C11H16O2. The van der Waals surface area contributed by atoms with Gasteiger partial charge in [0.15, 0.2) is 6.10 Å². The van der Waals surface area contributed by atoms with Gasteiger partial charge in [-0.15, -0.1) is 6.58 Å². The summed E-state index contributed by atoms with van der Waals surface area (Å²) in [6, 6.07) is 0. The molecule has 1 atom stereocenters. The van der Waals surface area contributed by atoms with Gasteiger partial charge in [0.1, 0.15) is 0 Å². The largest absolute Gasteiger partial charge is 0.451 e. The van der Waals surface area contributed by atoms with Gasteiger partial charge >= 0.3 is 0 Å². The highest BCUT2D eigenvalue weighted by Crippen LogP contribution is 1.97. The van der Waals surface area contributed by atoms with Crippen molar-refractivity contribution in [1.29, 1.82) is 0 Å². The van der Waals surface area contributed by atoms with Gasteiger partial charge in [-0.05, 0) is 6.42 Å². The summed E-state index contributed by atoms with van der Waals surface area (Å²) in [6.07, 6.45) is 5.07. The van der Waals surface area contributed by atoms with Gasteiger partial charge in [-0.25, -0.2) is 0 Å². The maximum absolute atomic E-state index is 10.1. The van der Waals surface area contributed by atoms with E-state index in [-0.39, 0.29) is 6.10 Å². The summed E-state index contributed by atoms with van der Waals surface area (Å²) >= 11 is 0. The van der Waals surface area contributed by atoms with Crippen LogP contribution in [0.4, 0.5) is 0 Å². The van der Waals surface area contributed by atoms with Gasteiger partial charge in [0.2, 0.25) is 0 Å². The minimum Gasteiger partial charge on any atom is -0.451 e. The number of carbonyl (C=O) groups excluding carboxylic acids is 1. The van der Waals surface area contributed by atoms with Crippen molar-refractivity contribution < 1.29 is 9.53 Å². The number of ether oxygens (including phenoxy) is 1. The van der Waals surface area contributed by atoms with E-state index in [2.05, 4.69) is 25.3 Å². The number of carbonyl (C=O) groups is 1. The van der Waals surface area contributed by atoms with E-state index in [0.717, 1.165) is 19.3 Å². The Morgan fingerprint density at radius 3 is 2.92 bits per heavy atom. The molecule has 0 aromatic rings. The minimum atomic E-state index is -0.313. The Balaban J connectivity index is 3.81. The number of hydrogen-bond acceptors (Lipinski definition) is 2. The predicted octanol–water partition coefficient (Wildman–Crippen LogP) is 2.30. The van der Waals surface area contributed by atoms with Gasteiger partial charge in [0.25, 0.3) is 6.47 Å². The lowest BCUT2D eigenvalue weighted by Crippen LogP contribution is -2.07. The molecule has 0 bridgehead atoms. The molecule has 0 aromatic carbocycles. The molecule has 0 amide bonds. The molecule has 13 heavy (non-hydrogen) atoms. The van der Waals surface area contributed by atoms with Crippen molar-refractivity contribution in [2.24, 2.45) is 0 Å². The number of unbranched alkanes of at least 4 members (excludes halogenated alkanes) is 2. The lowest BCUT2D eigenvalue weighted by Gasteiger charge is -2.03. The molecule has 0 radical (unpaired) electrons. The van der Waals surface area contributed by atoms with Crippen LogP contribution < -0.4 is 0 Å². The van der Waals surface area contributed by atoms with E-state index in [1.54, 1.807) is 6.08 Å². The van der Waals surface area contributed by atoms with E-state index in [1.165, 1.54) is 0 Å². The molecule has 0 aliphatic carbocycles. The highest BCUT2D eigenvalue weighted by atomic mass is 16.5. The Morgan fingerprint density at radius 2 is 2.38 bits per heavy atom. The zero-order chi connectivity index (χ0) is 9.94. The van der Waals surface area contributed by atoms with Crippen LogP contribution in [0.5, 0.6) is 0 Å². The second kappa shape index (κ2) is 8.86. The van der Waals surface area contributed by atoms with E-state index >= 15 is 0 Å². The molecular weight excluding hydrogens is 164 g/mol. The third-order valence-electron chi connectivity index (χ3n) is 1.52. The lowest BCUT2D eigenvalue weighted by atomic mass is 10.2. The molecule has 72 valence electrons. The highest BCUT2D eigenvalue weighted by molar-refractivity contribution is 5.38. The highest BCUT2D eigenvalue weighted by Gasteiger charge is 1.99. The summed E-state index contributed by atoms with van der Waals surface area (Å²) in [5.74, 6) is 5.86. The zero-order valence-corrected chi connectivity index (χ0v) is 8.08. The van der Waals surface area contributed by atoms with Gasteiger partial charge in [-0.1, -0.05) is 31.3 Å². The Labute approximate surface area is 80.0 Å². The predicted molar refractivity (Wildman–Crippen MR) is 53.1 cm³/mol. The molecule has 0 fully saturated rings. The Morgan fingerprint density at radius 1 is 1.62 bits per heavy atom. The summed E-state index contributed by atoms with van der Waals surface area (Å²) < 4.78 is 4.74. The number of hydrogen-bond donors (Lipinski definition) is 0. The third kappa shape index (κ3) is 7.14. The summed E-state index contributed by atoms with van der Waals surface area (Å²) in [6.45, 7) is 6.11. The van der Waals surface area contributed by atoms with Crippen molar-refractivity contribution in [2.75, 3.05) is 0 Å². The fourth-order valence-corrected chi connectivity index (χ4v) is 0.818. The summed E-state index contributed by atoms with van der Waals surface area (Å²) in [7, 11) is 0. The molecule has 0 rings (SSSR count). The van der Waals surface area contributed by atoms with Crippen LogP contribution in [0.1, 0.15) is 32.6 Å². The molecule has 0 N–H and O–H groups in total. The fraction of sp³-hybridized carbons (Fsp3) is 0.545. The molecule has 0 spiro atoms.